The first-order valence-electron chi connectivity index (χ1n) is 10.1. The van der Waals surface area contributed by atoms with Gasteiger partial charge in [0, 0.05) is 55.1 Å². The minimum atomic E-state index is 0.0823. The van der Waals surface area contributed by atoms with Crippen molar-refractivity contribution in [2.24, 2.45) is 0 Å². The number of hydrogen-bond acceptors (Lipinski definition) is 5. The lowest BCUT2D eigenvalue weighted by atomic mass is 10.1. The van der Waals surface area contributed by atoms with Gasteiger partial charge in [0.2, 0.25) is 0 Å². The van der Waals surface area contributed by atoms with E-state index in [1.807, 2.05) is 65.6 Å². The molecule has 30 heavy (non-hydrogen) atoms. The van der Waals surface area contributed by atoms with Gasteiger partial charge in [-0.15, -0.1) is 0 Å². The average Bonchev–Trinajstić information content (AvgIpc) is 2.84. The zero-order chi connectivity index (χ0) is 20.3. The molecule has 148 valence electrons. The SMILES string of the molecule is O=C(c1ccccc1)N1CCN(c2nc(-c3cccnc3)nc3ccccc23)CC1. The fourth-order valence-electron chi connectivity index (χ4n) is 3.81. The van der Waals surface area contributed by atoms with Crippen molar-refractivity contribution in [3.63, 3.8) is 0 Å². The van der Waals surface area contributed by atoms with E-state index in [1.54, 1.807) is 12.4 Å². The summed E-state index contributed by atoms with van der Waals surface area (Å²) in [5.74, 6) is 1.66. The van der Waals surface area contributed by atoms with Crippen LogP contribution in [-0.2, 0) is 0 Å². The number of benzene rings is 2. The van der Waals surface area contributed by atoms with Crippen LogP contribution >= 0.6 is 0 Å². The maximum absolute atomic E-state index is 12.8. The van der Waals surface area contributed by atoms with Gasteiger partial charge in [-0.1, -0.05) is 30.3 Å². The third-order valence-electron chi connectivity index (χ3n) is 5.39. The van der Waals surface area contributed by atoms with Gasteiger partial charge in [-0.3, -0.25) is 9.78 Å². The Morgan fingerprint density at radius 3 is 2.33 bits per heavy atom. The second-order valence-corrected chi connectivity index (χ2v) is 7.27. The highest BCUT2D eigenvalue weighted by Crippen LogP contribution is 2.28. The molecule has 4 aromatic rings. The number of pyridine rings is 1. The minimum Gasteiger partial charge on any atom is -0.352 e. The largest absolute Gasteiger partial charge is 0.352 e. The van der Waals surface area contributed by atoms with E-state index in [0.717, 1.165) is 40.9 Å². The van der Waals surface area contributed by atoms with Gasteiger partial charge in [0.05, 0.1) is 5.52 Å². The van der Waals surface area contributed by atoms with E-state index in [4.69, 9.17) is 9.97 Å². The first kappa shape index (κ1) is 18.2. The van der Waals surface area contributed by atoms with E-state index in [-0.39, 0.29) is 5.91 Å². The maximum Gasteiger partial charge on any atom is 0.253 e. The highest BCUT2D eigenvalue weighted by atomic mass is 16.2. The predicted molar refractivity (Wildman–Crippen MR) is 117 cm³/mol. The van der Waals surface area contributed by atoms with Crippen LogP contribution in [-0.4, -0.2) is 51.9 Å². The summed E-state index contributed by atoms with van der Waals surface area (Å²) in [5, 5.41) is 1.02. The van der Waals surface area contributed by atoms with E-state index in [1.165, 1.54) is 0 Å². The third kappa shape index (κ3) is 3.48. The Kier molecular flexibility index (Phi) is 4.81. The number of fused-ring (bicyclic) bond motifs is 1. The average molecular weight is 395 g/mol. The highest BCUT2D eigenvalue weighted by Gasteiger charge is 2.24. The van der Waals surface area contributed by atoms with Gasteiger partial charge in [-0.05, 0) is 36.4 Å². The second kappa shape index (κ2) is 7.91. The Morgan fingerprint density at radius 1 is 0.800 bits per heavy atom. The summed E-state index contributed by atoms with van der Waals surface area (Å²) in [5.41, 5.74) is 2.53. The molecule has 2 aromatic heterocycles. The van der Waals surface area contributed by atoms with Crippen LogP contribution in [0, 0.1) is 0 Å². The number of carbonyl (C=O) groups is 1. The van der Waals surface area contributed by atoms with Gasteiger partial charge in [-0.2, -0.15) is 0 Å². The Morgan fingerprint density at radius 2 is 1.57 bits per heavy atom. The summed E-state index contributed by atoms with van der Waals surface area (Å²) in [6.45, 7) is 2.78. The molecular weight excluding hydrogens is 374 g/mol. The van der Waals surface area contributed by atoms with Crippen molar-refractivity contribution in [3.05, 3.63) is 84.7 Å². The summed E-state index contributed by atoms with van der Waals surface area (Å²) in [6.07, 6.45) is 3.53. The fraction of sp³-hybridized carbons (Fsp3) is 0.167. The quantitative estimate of drug-likeness (QED) is 0.530. The number of hydrogen-bond donors (Lipinski definition) is 0. The van der Waals surface area contributed by atoms with Crippen LogP contribution in [0.1, 0.15) is 10.4 Å². The Balaban J connectivity index is 1.43. The van der Waals surface area contributed by atoms with E-state index in [0.29, 0.717) is 18.9 Å². The van der Waals surface area contributed by atoms with Crippen LogP contribution in [0.15, 0.2) is 79.1 Å². The predicted octanol–water partition coefficient (Wildman–Crippen LogP) is 3.65. The van der Waals surface area contributed by atoms with Gasteiger partial charge in [0.1, 0.15) is 5.82 Å². The lowest BCUT2D eigenvalue weighted by Crippen LogP contribution is -2.49. The van der Waals surface area contributed by atoms with Crippen LogP contribution in [0.3, 0.4) is 0 Å². The summed E-state index contributed by atoms with van der Waals surface area (Å²) in [4.78, 5) is 30.8. The van der Waals surface area contributed by atoms with Crippen LogP contribution in [0.5, 0.6) is 0 Å². The van der Waals surface area contributed by atoms with Crippen molar-refractivity contribution >= 4 is 22.6 Å². The molecule has 0 unspecified atom stereocenters. The molecule has 0 N–H and O–H groups in total. The van der Waals surface area contributed by atoms with Crippen molar-refractivity contribution in [2.45, 2.75) is 0 Å². The molecule has 1 aliphatic rings. The fourth-order valence-corrected chi connectivity index (χ4v) is 3.81. The molecule has 6 heteroatoms. The molecule has 2 aromatic carbocycles. The molecule has 0 aliphatic carbocycles. The normalized spacial score (nSPS) is 14.1. The van der Waals surface area contributed by atoms with E-state index < -0.39 is 0 Å². The Hall–Kier alpha value is -3.80. The lowest BCUT2D eigenvalue weighted by molar-refractivity contribution is 0.0746. The number of anilines is 1. The van der Waals surface area contributed by atoms with Crippen LogP contribution < -0.4 is 4.90 Å². The molecule has 0 atom stereocenters. The molecule has 1 aliphatic heterocycles. The van der Waals surface area contributed by atoms with Crippen molar-refractivity contribution in [2.75, 3.05) is 31.1 Å². The molecule has 1 saturated heterocycles. The van der Waals surface area contributed by atoms with E-state index in [9.17, 15) is 4.79 Å². The van der Waals surface area contributed by atoms with Gasteiger partial charge in [0.15, 0.2) is 5.82 Å². The van der Waals surface area contributed by atoms with Gasteiger partial charge in [-0.25, -0.2) is 9.97 Å². The van der Waals surface area contributed by atoms with Crippen LogP contribution in [0.25, 0.3) is 22.3 Å². The van der Waals surface area contributed by atoms with E-state index in [2.05, 4.69) is 16.0 Å². The molecule has 0 radical (unpaired) electrons. The summed E-state index contributed by atoms with van der Waals surface area (Å²) >= 11 is 0. The van der Waals surface area contributed by atoms with Crippen LogP contribution in [0.2, 0.25) is 0 Å². The number of rotatable bonds is 3. The zero-order valence-corrected chi connectivity index (χ0v) is 16.5. The number of piperazine rings is 1. The molecular formula is C24H21N5O. The van der Waals surface area contributed by atoms with Gasteiger partial charge >= 0.3 is 0 Å². The number of amides is 1. The summed E-state index contributed by atoms with van der Waals surface area (Å²) < 4.78 is 0. The number of para-hydroxylation sites is 1. The molecule has 1 fully saturated rings. The number of carbonyl (C=O) groups excluding carboxylic acids is 1. The Bertz CT molecular complexity index is 1170. The molecule has 6 nitrogen and oxygen atoms in total. The van der Waals surface area contributed by atoms with Crippen molar-refractivity contribution < 1.29 is 4.79 Å². The lowest BCUT2D eigenvalue weighted by Gasteiger charge is -2.36. The van der Waals surface area contributed by atoms with Crippen molar-refractivity contribution in [1.29, 1.82) is 0 Å². The van der Waals surface area contributed by atoms with Crippen molar-refractivity contribution in [1.82, 2.24) is 19.9 Å². The molecule has 3 heterocycles. The third-order valence-corrected chi connectivity index (χ3v) is 5.39. The van der Waals surface area contributed by atoms with E-state index >= 15 is 0 Å². The van der Waals surface area contributed by atoms with Gasteiger partial charge < -0.3 is 9.80 Å². The summed E-state index contributed by atoms with van der Waals surface area (Å²) in [7, 11) is 0. The monoisotopic (exact) mass is 395 g/mol. The van der Waals surface area contributed by atoms with Gasteiger partial charge in [0.25, 0.3) is 5.91 Å². The Labute approximate surface area is 174 Å². The first-order chi connectivity index (χ1) is 14.8. The standard InChI is InChI=1S/C24H21N5O/c30-24(18-7-2-1-3-8-18)29-15-13-28(14-16-29)23-20-10-4-5-11-21(20)26-22(27-23)19-9-6-12-25-17-19/h1-12,17H,13-16H2. The molecule has 0 spiro atoms. The number of nitrogens with zero attached hydrogens (tertiary/aromatic N) is 5. The molecule has 1 amide bonds. The molecule has 5 rings (SSSR count). The number of aromatic nitrogens is 3. The molecule has 0 bridgehead atoms. The maximum atomic E-state index is 12.8. The smallest absolute Gasteiger partial charge is 0.253 e. The van der Waals surface area contributed by atoms with Crippen LogP contribution in [0.4, 0.5) is 5.82 Å². The zero-order valence-electron chi connectivity index (χ0n) is 16.5. The summed E-state index contributed by atoms with van der Waals surface area (Å²) in [6, 6.07) is 21.4. The highest BCUT2D eigenvalue weighted by molar-refractivity contribution is 5.94. The van der Waals surface area contributed by atoms with Crippen molar-refractivity contribution in [3.8, 4) is 11.4 Å². The second-order valence-electron chi connectivity index (χ2n) is 7.27. The first-order valence-corrected chi connectivity index (χ1v) is 10.1. The topological polar surface area (TPSA) is 62.2 Å². The minimum absolute atomic E-state index is 0.0823. The molecule has 0 saturated carbocycles.